The molecule has 0 amide bonds. The molecule has 0 unspecified atom stereocenters. The lowest BCUT2D eigenvalue weighted by Gasteiger charge is -2.12. The second-order valence-corrected chi connectivity index (χ2v) is 10.9. The van der Waals surface area contributed by atoms with Gasteiger partial charge in [0, 0.05) is 13.0 Å². The molecule has 34 heavy (non-hydrogen) atoms. The molecule has 1 aliphatic rings. The average molecular weight is 497 g/mol. The van der Waals surface area contributed by atoms with E-state index in [4.69, 9.17) is 14.2 Å². The standard InChI is InChI=1S/C29H54NO3S/c1-2-3-4-5-6-7-8-9-10-11-12-14-17-20-29-32-26-28(33-29)25-31-23-19-16-13-15-18-21-30-22-24-34-27-30/h22,24,27-29H,2-21,23,25-26H2,1H3/q+1/t28-,29-/m1/s1. The van der Waals surface area contributed by atoms with E-state index in [0.717, 1.165) is 26.0 Å². The zero-order valence-electron chi connectivity index (χ0n) is 22.2. The van der Waals surface area contributed by atoms with Crippen LogP contribution < -0.4 is 4.57 Å². The summed E-state index contributed by atoms with van der Waals surface area (Å²) >= 11 is 1.77. The zero-order chi connectivity index (χ0) is 23.9. The molecule has 1 saturated heterocycles. The molecule has 198 valence electrons. The number of hydrogen-bond acceptors (Lipinski definition) is 4. The first-order valence-electron chi connectivity index (χ1n) is 14.6. The molecule has 2 rings (SSSR count). The van der Waals surface area contributed by atoms with Gasteiger partial charge in [-0.2, -0.15) is 4.57 Å². The number of rotatable bonds is 24. The molecule has 0 saturated carbocycles. The summed E-state index contributed by atoms with van der Waals surface area (Å²) in [6.07, 6.45) is 27.8. The van der Waals surface area contributed by atoms with Gasteiger partial charge in [-0.25, -0.2) is 0 Å². The molecular weight excluding hydrogens is 442 g/mol. The molecule has 0 aromatic carbocycles. The Morgan fingerprint density at radius 3 is 2.06 bits per heavy atom. The predicted octanol–water partition coefficient (Wildman–Crippen LogP) is 8.23. The molecule has 0 N–H and O–H groups in total. The van der Waals surface area contributed by atoms with Gasteiger partial charge < -0.3 is 14.2 Å². The predicted molar refractivity (Wildman–Crippen MR) is 143 cm³/mol. The first-order chi connectivity index (χ1) is 16.9. The number of nitrogens with zero attached hydrogens (tertiary/aromatic N) is 1. The van der Waals surface area contributed by atoms with Gasteiger partial charge in [0.05, 0.1) is 18.6 Å². The van der Waals surface area contributed by atoms with E-state index in [-0.39, 0.29) is 12.4 Å². The summed E-state index contributed by atoms with van der Waals surface area (Å²) in [4.78, 5) is 0. The lowest BCUT2D eigenvalue weighted by molar-refractivity contribution is -0.692. The SMILES string of the molecule is CCCCCCCCCCCCCCC[C@@H]1OC[C@@H](COCCCCCCC[n+]2ccsc2)O1. The fraction of sp³-hybridized carbons (Fsp3) is 0.897. The molecule has 0 bridgehead atoms. The summed E-state index contributed by atoms with van der Waals surface area (Å²) in [6.45, 7) is 5.67. The van der Waals surface area contributed by atoms with E-state index < -0.39 is 0 Å². The lowest BCUT2D eigenvalue weighted by atomic mass is 10.0. The largest absolute Gasteiger partial charge is 0.379 e. The topological polar surface area (TPSA) is 31.6 Å². The van der Waals surface area contributed by atoms with Gasteiger partial charge in [-0.1, -0.05) is 108 Å². The lowest BCUT2D eigenvalue weighted by Crippen LogP contribution is -2.29. The average Bonchev–Trinajstić information content (AvgIpc) is 3.53. The molecule has 0 aliphatic carbocycles. The second kappa shape index (κ2) is 21.8. The summed E-state index contributed by atoms with van der Waals surface area (Å²) in [5.41, 5.74) is 2.19. The Bertz CT molecular complexity index is 539. The Balaban J connectivity index is 1.26. The minimum absolute atomic E-state index is 0.00223. The van der Waals surface area contributed by atoms with Crippen molar-refractivity contribution in [3.8, 4) is 0 Å². The van der Waals surface area contributed by atoms with Crippen LogP contribution in [0.2, 0.25) is 0 Å². The number of hydrogen-bond donors (Lipinski definition) is 0. The van der Waals surface area contributed by atoms with Crippen molar-refractivity contribution < 1.29 is 18.8 Å². The Morgan fingerprint density at radius 1 is 0.794 bits per heavy atom. The van der Waals surface area contributed by atoms with E-state index in [1.54, 1.807) is 11.3 Å². The third-order valence-corrected chi connectivity index (χ3v) is 7.56. The van der Waals surface area contributed by atoms with Gasteiger partial charge in [-0.15, -0.1) is 0 Å². The van der Waals surface area contributed by atoms with Crippen molar-refractivity contribution >= 4 is 11.3 Å². The molecule has 1 aromatic heterocycles. The fourth-order valence-electron chi connectivity index (χ4n) is 4.71. The highest BCUT2D eigenvalue weighted by Crippen LogP contribution is 2.19. The molecule has 1 aromatic rings. The van der Waals surface area contributed by atoms with Crippen molar-refractivity contribution in [2.75, 3.05) is 19.8 Å². The summed E-state index contributed by atoms with van der Waals surface area (Å²) < 4.78 is 20.0. The number of unbranched alkanes of at least 4 members (excludes halogenated alkanes) is 16. The number of aryl methyl sites for hydroxylation is 1. The maximum absolute atomic E-state index is 6.01. The quantitative estimate of drug-likeness (QED) is 0.107. The van der Waals surface area contributed by atoms with Crippen LogP contribution in [-0.4, -0.2) is 32.2 Å². The highest BCUT2D eigenvalue weighted by atomic mass is 32.1. The summed E-state index contributed by atoms with van der Waals surface area (Å²) in [5.74, 6) is 0. The highest BCUT2D eigenvalue weighted by molar-refractivity contribution is 7.07. The van der Waals surface area contributed by atoms with E-state index in [9.17, 15) is 0 Å². The Morgan fingerprint density at radius 2 is 1.41 bits per heavy atom. The van der Waals surface area contributed by atoms with Crippen LogP contribution in [0.1, 0.15) is 129 Å². The van der Waals surface area contributed by atoms with Gasteiger partial charge >= 0.3 is 0 Å². The van der Waals surface area contributed by atoms with E-state index in [1.807, 2.05) is 0 Å². The molecule has 0 radical (unpaired) electrons. The van der Waals surface area contributed by atoms with Gasteiger partial charge in [-0.05, 0) is 25.7 Å². The molecule has 5 heteroatoms. The first-order valence-corrected chi connectivity index (χ1v) is 15.6. The first kappa shape index (κ1) is 29.7. The number of aromatic nitrogens is 1. The highest BCUT2D eigenvalue weighted by Gasteiger charge is 2.25. The van der Waals surface area contributed by atoms with Crippen LogP contribution in [0.25, 0.3) is 0 Å². The van der Waals surface area contributed by atoms with E-state index >= 15 is 0 Å². The summed E-state index contributed by atoms with van der Waals surface area (Å²) in [7, 11) is 0. The normalized spacial score (nSPS) is 18.1. The van der Waals surface area contributed by atoms with Crippen molar-refractivity contribution in [1.29, 1.82) is 0 Å². The van der Waals surface area contributed by atoms with Crippen LogP contribution in [-0.2, 0) is 20.8 Å². The van der Waals surface area contributed by atoms with Gasteiger partial charge in [0.15, 0.2) is 12.5 Å². The van der Waals surface area contributed by atoms with Crippen LogP contribution >= 0.6 is 11.3 Å². The van der Waals surface area contributed by atoms with Crippen LogP contribution in [0.3, 0.4) is 0 Å². The second-order valence-electron chi connectivity index (χ2n) is 10.2. The van der Waals surface area contributed by atoms with E-state index in [0.29, 0.717) is 13.2 Å². The van der Waals surface area contributed by atoms with Crippen molar-refractivity contribution in [1.82, 2.24) is 0 Å². The smallest absolute Gasteiger partial charge is 0.224 e. The Kier molecular flexibility index (Phi) is 19.0. The molecule has 4 nitrogen and oxygen atoms in total. The van der Waals surface area contributed by atoms with E-state index in [2.05, 4.69) is 28.6 Å². The zero-order valence-corrected chi connectivity index (χ0v) is 23.0. The van der Waals surface area contributed by atoms with Gasteiger partial charge in [-0.3, -0.25) is 0 Å². The van der Waals surface area contributed by atoms with Gasteiger partial charge in [0.2, 0.25) is 5.51 Å². The van der Waals surface area contributed by atoms with Crippen LogP contribution in [0, 0.1) is 0 Å². The molecular formula is C29H54NO3S+. The molecule has 0 spiro atoms. The maximum Gasteiger partial charge on any atom is 0.224 e. The molecule has 2 heterocycles. The molecule has 1 fully saturated rings. The van der Waals surface area contributed by atoms with E-state index in [1.165, 1.54) is 109 Å². The van der Waals surface area contributed by atoms with Gasteiger partial charge in [0.25, 0.3) is 0 Å². The van der Waals surface area contributed by atoms with Crippen molar-refractivity contribution in [3.05, 3.63) is 17.1 Å². The van der Waals surface area contributed by atoms with Crippen molar-refractivity contribution in [2.24, 2.45) is 0 Å². The monoisotopic (exact) mass is 496 g/mol. The fourth-order valence-corrected chi connectivity index (χ4v) is 5.34. The number of ether oxygens (including phenoxy) is 3. The van der Waals surface area contributed by atoms with Crippen LogP contribution in [0.15, 0.2) is 17.1 Å². The minimum atomic E-state index is 0.00223. The third kappa shape index (κ3) is 16.2. The summed E-state index contributed by atoms with van der Waals surface area (Å²) in [5, 5.41) is 2.14. The third-order valence-electron chi connectivity index (χ3n) is 6.89. The van der Waals surface area contributed by atoms with Crippen LogP contribution in [0.4, 0.5) is 0 Å². The van der Waals surface area contributed by atoms with Crippen molar-refractivity contribution in [2.45, 2.75) is 148 Å². The summed E-state index contributed by atoms with van der Waals surface area (Å²) in [6, 6.07) is 0. The maximum atomic E-state index is 6.01. The Hall–Kier alpha value is -0.490. The van der Waals surface area contributed by atoms with Gasteiger partial charge in [0.1, 0.15) is 12.6 Å². The number of thiazole rings is 1. The van der Waals surface area contributed by atoms with Crippen LogP contribution in [0.5, 0.6) is 0 Å². The van der Waals surface area contributed by atoms with Crippen molar-refractivity contribution in [3.63, 3.8) is 0 Å². The Labute approximate surface area is 214 Å². The molecule has 2 atom stereocenters. The minimum Gasteiger partial charge on any atom is -0.379 e. The molecule has 1 aliphatic heterocycles.